The van der Waals surface area contributed by atoms with Gasteiger partial charge in [0.1, 0.15) is 5.75 Å². The zero-order valence-electron chi connectivity index (χ0n) is 11.3. The van der Waals surface area contributed by atoms with Crippen LogP contribution < -0.4 is 4.74 Å². The van der Waals surface area contributed by atoms with E-state index in [1.54, 1.807) is 30.3 Å². The largest absolute Gasteiger partial charge is 0.478 e. The Kier molecular flexibility index (Phi) is 5.10. The predicted octanol–water partition coefficient (Wildman–Crippen LogP) is 4.38. The van der Waals surface area contributed by atoms with Crippen LogP contribution in [0, 0.1) is 6.92 Å². The average molecular weight is 325 g/mol. The number of aryl methyl sites for hydroxylation is 1. The molecule has 0 spiro atoms. The van der Waals surface area contributed by atoms with E-state index >= 15 is 0 Å². The molecule has 1 N–H and O–H groups in total. The predicted molar refractivity (Wildman–Crippen MR) is 83.4 cm³/mol. The molecule has 0 aliphatic carbocycles. The first-order valence-corrected chi connectivity index (χ1v) is 7.11. The van der Waals surface area contributed by atoms with Crippen LogP contribution in [0.4, 0.5) is 0 Å². The van der Waals surface area contributed by atoms with Gasteiger partial charge in [0.2, 0.25) is 0 Å². The molecule has 0 aliphatic heterocycles. The molecule has 0 heterocycles. The van der Waals surface area contributed by atoms with E-state index in [9.17, 15) is 9.90 Å². The topological polar surface area (TPSA) is 46.5 Å². The summed E-state index contributed by atoms with van der Waals surface area (Å²) in [5.41, 5.74) is 1.75. The summed E-state index contributed by atoms with van der Waals surface area (Å²) in [6.45, 7) is 1.89. The first kappa shape index (κ1) is 15.7. The number of hydrogen-bond donors (Lipinski definition) is 1. The molecule has 1 atom stereocenters. The Balaban J connectivity index is 2.15. The van der Waals surface area contributed by atoms with Crippen molar-refractivity contribution in [2.24, 2.45) is 0 Å². The highest BCUT2D eigenvalue weighted by Crippen LogP contribution is 2.21. The van der Waals surface area contributed by atoms with E-state index in [0.29, 0.717) is 15.8 Å². The second-order valence-electron chi connectivity index (χ2n) is 4.69. The van der Waals surface area contributed by atoms with Crippen molar-refractivity contribution in [1.29, 1.82) is 0 Å². The standard InChI is InChI=1S/C16H14Cl2O3/c1-10-5-6-11(7-14(10)18)8-15(16(19)20)21-13-4-2-3-12(17)9-13/h2-7,9,15H,8H2,1H3,(H,19,20)/t15-/m0/s1. The fraction of sp³-hybridized carbons (Fsp3) is 0.188. The quantitative estimate of drug-likeness (QED) is 0.887. The van der Waals surface area contributed by atoms with Crippen molar-refractivity contribution in [2.45, 2.75) is 19.4 Å². The summed E-state index contributed by atoms with van der Waals surface area (Å²) in [6, 6.07) is 12.1. The number of hydrogen-bond acceptors (Lipinski definition) is 2. The Morgan fingerprint density at radius 2 is 2.00 bits per heavy atom. The molecule has 0 bridgehead atoms. The van der Waals surface area contributed by atoms with Gasteiger partial charge in [-0.15, -0.1) is 0 Å². The molecule has 2 rings (SSSR count). The van der Waals surface area contributed by atoms with Crippen molar-refractivity contribution in [3.63, 3.8) is 0 Å². The minimum atomic E-state index is -1.04. The molecule has 0 unspecified atom stereocenters. The molecule has 3 nitrogen and oxygen atoms in total. The van der Waals surface area contributed by atoms with Gasteiger partial charge in [0.15, 0.2) is 6.10 Å². The number of halogens is 2. The third-order valence-electron chi connectivity index (χ3n) is 3.01. The number of carboxylic acids is 1. The summed E-state index contributed by atoms with van der Waals surface area (Å²) in [5.74, 6) is -0.611. The van der Waals surface area contributed by atoms with E-state index in [1.165, 1.54) is 0 Å². The van der Waals surface area contributed by atoms with Gasteiger partial charge in [-0.2, -0.15) is 0 Å². The number of benzene rings is 2. The summed E-state index contributed by atoms with van der Waals surface area (Å²) in [5, 5.41) is 10.4. The van der Waals surface area contributed by atoms with E-state index in [2.05, 4.69) is 0 Å². The first-order chi connectivity index (χ1) is 9.95. The van der Waals surface area contributed by atoms with Gasteiger partial charge in [-0.25, -0.2) is 4.79 Å². The Labute approximate surface area is 133 Å². The van der Waals surface area contributed by atoms with Gasteiger partial charge in [0.25, 0.3) is 0 Å². The molecule has 0 saturated heterocycles. The average Bonchev–Trinajstić information content (AvgIpc) is 2.42. The highest BCUT2D eigenvalue weighted by Gasteiger charge is 2.20. The third kappa shape index (κ3) is 4.38. The minimum absolute atomic E-state index is 0.224. The molecule has 0 saturated carbocycles. The van der Waals surface area contributed by atoms with Crippen molar-refractivity contribution >= 4 is 29.2 Å². The maximum Gasteiger partial charge on any atom is 0.345 e. The van der Waals surface area contributed by atoms with E-state index in [0.717, 1.165) is 11.1 Å². The monoisotopic (exact) mass is 324 g/mol. The van der Waals surface area contributed by atoms with Crippen LogP contribution in [0.15, 0.2) is 42.5 Å². The fourth-order valence-electron chi connectivity index (χ4n) is 1.86. The summed E-state index contributed by atoms with van der Waals surface area (Å²) < 4.78 is 5.50. The Morgan fingerprint density at radius 1 is 1.24 bits per heavy atom. The Bertz CT molecular complexity index is 656. The number of carboxylic acid groups (broad SMARTS) is 1. The van der Waals surface area contributed by atoms with Crippen LogP contribution in [0.25, 0.3) is 0 Å². The molecule has 0 aliphatic rings. The lowest BCUT2D eigenvalue weighted by atomic mass is 10.1. The second-order valence-corrected chi connectivity index (χ2v) is 5.53. The molecular weight excluding hydrogens is 311 g/mol. The third-order valence-corrected chi connectivity index (χ3v) is 3.65. The molecular formula is C16H14Cl2O3. The van der Waals surface area contributed by atoms with E-state index < -0.39 is 12.1 Å². The molecule has 0 aromatic heterocycles. The summed E-state index contributed by atoms with van der Waals surface area (Å²) in [4.78, 5) is 11.4. The van der Waals surface area contributed by atoms with Crippen LogP contribution in [0.3, 0.4) is 0 Å². The van der Waals surface area contributed by atoms with Gasteiger partial charge < -0.3 is 9.84 Å². The molecule has 2 aromatic carbocycles. The lowest BCUT2D eigenvalue weighted by molar-refractivity contribution is -0.145. The fourth-order valence-corrected chi connectivity index (χ4v) is 2.24. The Hall–Kier alpha value is -1.71. The Morgan fingerprint density at radius 3 is 2.62 bits per heavy atom. The highest BCUT2D eigenvalue weighted by atomic mass is 35.5. The van der Waals surface area contributed by atoms with E-state index in [4.69, 9.17) is 27.9 Å². The van der Waals surface area contributed by atoms with Gasteiger partial charge >= 0.3 is 5.97 Å². The highest BCUT2D eigenvalue weighted by molar-refractivity contribution is 6.31. The number of rotatable bonds is 5. The van der Waals surface area contributed by atoms with Gasteiger partial charge in [0.05, 0.1) is 0 Å². The van der Waals surface area contributed by atoms with E-state index in [1.807, 2.05) is 19.1 Å². The smallest absolute Gasteiger partial charge is 0.345 e. The zero-order chi connectivity index (χ0) is 15.4. The minimum Gasteiger partial charge on any atom is -0.478 e. The van der Waals surface area contributed by atoms with Crippen molar-refractivity contribution in [2.75, 3.05) is 0 Å². The van der Waals surface area contributed by atoms with Crippen LogP contribution in [-0.4, -0.2) is 17.2 Å². The van der Waals surface area contributed by atoms with Crippen molar-refractivity contribution in [3.05, 3.63) is 63.6 Å². The molecule has 110 valence electrons. The van der Waals surface area contributed by atoms with Crippen LogP contribution in [-0.2, 0) is 11.2 Å². The summed E-state index contributed by atoms with van der Waals surface area (Å²) in [6.07, 6.45) is -0.774. The van der Waals surface area contributed by atoms with Gasteiger partial charge in [-0.05, 0) is 42.3 Å². The normalized spacial score (nSPS) is 12.0. The van der Waals surface area contributed by atoms with Gasteiger partial charge in [-0.3, -0.25) is 0 Å². The summed E-state index contributed by atoms with van der Waals surface area (Å²) in [7, 11) is 0. The number of ether oxygens (including phenoxy) is 1. The molecule has 2 aromatic rings. The number of carbonyl (C=O) groups is 1. The molecule has 21 heavy (non-hydrogen) atoms. The van der Waals surface area contributed by atoms with Crippen molar-refractivity contribution < 1.29 is 14.6 Å². The maximum atomic E-state index is 11.4. The molecule has 0 amide bonds. The van der Waals surface area contributed by atoms with E-state index in [-0.39, 0.29) is 6.42 Å². The number of aliphatic carboxylic acids is 1. The lowest BCUT2D eigenvalue weighted by Crippen LogP contribution is -2.29. The van der Waals surface area contributed by atoms with Crippen molar-refractivity contribution in [3.8, 4) is 5.75 Å². The van der Waals surface area contributed by atoms with Crippen LogP contribution >= 0.6 is 23.2 Å². The van der Waals surface area contributed by atoms with Gasteiger partial charge in [0, 0.05) is 16.5 Å². The SMILES string of the molecule is Cc1ccc(C[C@H](Oc2cccc(Cl)c2)C(=O)O)cc1Cl. The van der Waals surface area contributed by atoms with Crippen LogP contribution in [0.2, 0.25) is 10.0 Å². The molecule has 0 fully saturated rings. The summed E-state index contributed by atoms with van der Waals surface area (Å²) >= 11 is 11.9. The zero-order valence-corrected chi connectivity index (χ0v) is 12.9. The molecule has 5 heteroatoms. The second kappa shape index (κ2) is 6.83. The maximum absolute atomic E-state index is 11.4. The lowest BCUT2D eigenvalue weighted by Gasteiger charge is -2.16. The van der Waals surface area contributed by atoms with Crippen molar-refractivity contribution in [1.82, 2.24) is 0 Å². The van der Waals surface area contributed by atoms with Crippen LogP contribution in [0.5, 0.6) is 5.75 Å². The first-order valence-electron chi connectivity index (χ1n) is 6.36. The van der Waals surface area contributed by atoms with Crippen LogP contribution in [0.1, 0.15) is 11.1 Å². The van der Waals surface area contributed by atoms with Gasteiger partial charge in [-0.1, -0.05) is 41.4 Å². The molecule has 0 radical (unpaired) electrons.